The number of nitrogens with one attached hydrogen (secondary N) is 3. The van der Waals surface area contributed by atoms with Gasteiger partial charge in [0, 0.05) is 39.7 Å². The van der Waals surface area contributed by atoms with Crippen molar-refractivity contribution in [1.29, 1.82) is 0 Å². The first-order chi connectivity index (χ1) is 29.3. The summed E-state index contributed by atoms with van der Waals surface area (Å²) in [5.74, 6) is -1.29. The quantitative estimate of drug-likeness (QED) is 0.0990. The van der Waals surface area contributed by atoms with Gasteiger partial charge in [0.05, 0.1) is 55.1 Å². The molecule has 0 unspecified atom stereocenters. The van der Waals surface area contributed by atoms with E-state index in [-0.39, 0.29) is 102 Å². The molecule has 2 atom stereocenters. The van der Waals surface area contributed by atoms with Crippen molar-refractivity contribution in [3.05, 3.63) is 157 Å². The van der Waals surface area contributed by atoms with Crippen LogP contribution in [0.15, 0.2) is 85.5 Å². The van der Waals surface area contributed by atoms with E-state index in [1.54, 1.807) is 7.11 Å². The van der Waals surface area contributed by atoms with E-state index < -0.39 is 29.3 Å². The molecule has 2 aliphatic rings. The second-order valence-corrected chi connectivity index (χ2v) is 14.5. The van der Waals surface area contributed by atoms with Gasteiger partial charge in [-0.05, 0) is 109 Å². The first kappa shape index (κ1) is 54.1. The third kappa shape index (κ3) is 13.4. The molecule has 2 heterocycles. The molecule has 22 heteroatoms. The molecule has 6 aromatic rings. The molecule has 2 aliphatic carbocycles. The molecular weight excluding hydrogens is 956 g/mol. The average molecular weight is 993 g/mol. The normalized spacial score (nSPS) is 13.9. The van der Waals surface area contributed by atoms with E-state index in [4.69, 9.17) is 50.0 Å². The predicted molar refractivity (Wildman–Crippen MR) is 231 cm³/mol. The van der Waals surface area contributed by atoms with Crippen LogP contribution in [0.2, 0.25) is 15.3 Å². The number of hydrogen-bond donors (Lipinski definition) is 4. The largest absolute Gasteiger partial charge is 1.00 e. The van der Waals surface area contributed by atoms with Crippen LogP contribution in [0.25, 0.3) is 0 Å². The number of hydrogen-bond acceptors (Lipinski definition) is 10. The number of methoxy groups -OCH3 is 2. The van der Waals surface area contributed by atoms with Crippen LogP contribution in [-0.2, 0) is 12.8 Å². The van der Waals surface area contributed by atoms with Gasteiger partial charge in [-0.3, -0.25) is 9.59 Å². The summed E-state index contributed by atoms with van der Waals surface area (Å²) >= 11 is 16.8. The molecule has 4 aromatic carbocycles. The molecule has 0 aliphatic heterocycles. The summed E-state index contributed by atoms with van der Waals surface area (Å²) in [7, 11) is 3.06. The van der Waals surface area contributed by atoms with Gasteiger partial charge in [0.25, 0.3) is 11.8 Å². The van der Waals surface area contributed by atoms with Gasteiger partial charge in [-0.15, -0.1) is 12.4 Å². The third-order valence-corrected chi connectivity index (χ3v) is 10.3. The Balaban J connectivity index is 0.000000281. The van der Waals surface area contributed by atoms with E-state index in [9.17, 15) is 27.2 Å². The second-order valence-electron chi connectivity index (χ2n) is 13.4. The van der Waals surface area contributed by atoms with Gasteiger partial charge >= 0.3 is 51.4 Å². The topological polar surface area (TPSA) is 166 Å². The number of carbonyl (C=O) groups is 2. The Morgan fingerprint density at radius 1 is 0.656 bits per heavy atom. The number of fused-ring (bicyclic) bond motifs is 2. The minimum absolute atomic E-state index is 0. The summed E-state index contributed by atoms with van der Waals surface area (Å²) in [4.78, 5) is 40.8. The fourth-order valence-electron chi connectivity index (χ4n) is 6.64. The van der Waals surface area contributed by atoms with Crippen molar-refractivity contribution < 1.29 is 92.7 Å². The van der Waals surface area contributed by atoms with Gasteiger partial charge in [-0.1, -0.05) is 23.2 Å². The molecule has 5 N–H and O–H groups in total. The van der Waals surface area contributed by atoms with Crippen LogP contribution in [0.1, 0.15) is 67.9 Å². The Hall–Kier alpha value is -4.21. The number of benzene rings is 4. The number of amides is 2. The van der Waals surface area contributed by atoms with Crippen molar-refractivity contribution in [3.63, 3.8) is 0 Å². The van der Waals surface area contributed by atoms with Crippen LogP contribution in [0, 0.1) is 23.3 Å². The van der Waals surface area contributed by atoms with Crippen LogP contribution < -0.4 is 87.2 Å². The van der Waals surface area contributed by atoms with E-state index in [2.05, 4.69) is 35.9 Å². The van der Waals surface area contributed by atoms with Crippen molar-refractivity contribution in [3.8, 4) is 11.5 Å². The van der Waals surface area contributed by atoms with Gasteiger partial charge in [0.2, 0.25) is 11.2 Å². The van der Waals surface area contributed by atoms with Gasteiger partial charge < -0.3 is 35.9 Å². The van der Waals surface area contributed by atoms with Crippen LogP contribution in [-0.4, -0.2) is 46.0 Å². The minimum Gasteiger partial charge on any atom is -1.00 e. The summed E-state index contributed by atoms with van der Waals surface area (Å²) < 4.78 is 64.8. The van der Waals surface area contributed by atoms with E-state index in [1.807, 2.05) is 0 Å². The predicted octanol–water partition coefficient (Wildman–Crippen LogP) is 4.15. The maximum Gasteiger partial charge on any atom is 1.00 e. The Labute approximate surface area is 427 Å². The van der Waals surface area contributed by atoms with E-state index in [0.29, 0.717) is 87.9 Å². The average Bonchev–Trinajstić information content (AvgIpc) is 3.86. The zero-order valence-corrected chi connectivity index (χ0v) is 40.2. The molecule has 12 nitrogen and oxygen atoms in total. The Kier molecular flexibility index (Phi) is 21.1. The third-order valence-electron chi connectivity index (χ3n) is 9.56. The monoisotopic (exact) mass is 990 g/mol. The van der Waals surface area contributed by atoms with Crippen molar-refractivity contribution in [1.82, 2.24) is 19.9 Å². The smallest absolute Gasteiger partial charge is 1.00 e. The van der Waals surface area contributed by atoms with E-state index in [0.717, 1.165) is 0 Å². The summed E-state index contributed by atoms with van der Waals surface area (Å²) in [6, 6.07) is 12.4. The molecule has 0 saturated carbocycles. The molecular formula is C42H36Cl4F5KN8O4. The van der Waals surface area contributed by atoms with Crippen molar-refractivity contribution >= 4 is 76.3 Å². The standard InChI is InChI=1S/C21H17ClF2N4O2.C16H13ClF2N2O.C5H5ClN2O.ClH.FH.K/c1-30-12-9-25-21(26-10-12)28-18-7-4-13-14(3-6-17(24)19(13)18)20(29)27-11-2-5-16(23)15(22)8-11;17-11-7-8(1-4-12(11)18)21-16(22)10-2-5-13(19)15-9(10)3-6-14(15)20;1-9-4-2-7-5(6)8-3-4;;;/h2-3,5-6,8-10,18H,4,7H2,1H3,(H,27,29)(H,25,26,28);1-2,4-5,7,14H,3,6,20H2,(H,21,22);2-3H,1H3;2*1H;/q;;;;;+1/p-1/t18-;14-;;;;/m00..../s1. The molecule has 0 spiro atoms. The molecule has 0 saturated heterocycles. The summed E-state index contributed by atoms with van der Waals surface area (Å²) in [6.45, 7) is 0. The van der Waals surface area contributed by atoms with Crippen LogP contribution in [0.3, 0.4) is 0 Å². The van der Waals surface area contributed by atoms with Crippen LogP contribution in [0.5, 0.6) is 11.5 Å². The second kappa shape index (κ2) is 24.9. The number of rotatable bonds is 8. The van der Waals surface area contributed by atoms with Gasteiger partial charge in [-0.25, -0.2) is 37.5 Å². The Morgan fingerprint density at radius 2 is 1.08 bits per heavy atom. The molecule has 0 fully saturated rings. The van der Waals surface area contributed by atoms with Gasteiger partial charge in [0.15, 0.2) is 11.5 Å². The van der Waals surface area contributed by atoms with Crippen molar-refractivity contribution in [2.24, 2.45) is 5.73 Å². The summed E-state index contributed by atoms with van der Waals surface area (Å²) in [6.07, 6.45) is 8.30. The SMILES string of the molecule is COc1cnc(Cl)nc1.COc1cnc(N[C@H]2CCc3c(C(=O)Nc4ccc(F)c(Cl)c4)ccc(F)c32)nc1.Cl.N[C@H]1CCc2c(C(=O)Nc3ccc(F)c(Cl)c3)ccc(F)c21.[F-].[K+]. The maximum absolute atomic E-state index is 14.6. The molecule has 64 heavy (non-hydrogen) atoms. The Morgan fingerprint density at radius 3 is 1.55 bits per heavy atom. The first-order valence-electron chi connectivity index (χ1n) is 18.3. The van der Waals surface area contributed by atoms with Crippen molar-refractivity contribution in [2.45, 2.75) is 37.8 Å². The van der Waals surface area contributed by atoms with Gasteiger partial charge in [-0.2, -0.15) is 0 Å². The van der Waals surface area contributed by atoms with Crippen molar-refractivity contribution in [2.75, 3.05) is 30.2 Å². The number of ether oxygens (including phenoxy) is 2. The number of nitrogens with two attached hydrogens (primary N) is 1. The molecule has 0 radical (unpaired) electrons. The number of anilines is 3. The first-order valence-corrected chi connectivity index (χ1v) is 19.4. The number of aromatic nitrogens is 4. The fourth-order valence-corrected chi connectivity index (χ4v) is 7.10. The molecule has 332 valence electrons. The zero-order valence-electron chi connectivity index (χ0n) is 34.0. The number of nitrogens with zero attached hydrogens (tertiary/aromatic N) is 4. The van der Waals surface area contributed by atoms with E-state index >= 15 is 0 Å². The molecule has 2 aromatic heterocycles. The van der Waals surface area contributed by atoms with Gasteiger partial charge in [0.1, 0.15) is 23.3 Å². The minimum atomic E-state index is -0.577. The molecule has 8 rings (SSSR count). The fraction of sp³-hybridized carbons (Fsp3) is 0.190. The van der Waals surface area contributed by atoms with Crippen LogP contribution in [0.4, 0.5) is 34.9 Å². The number of carbonyl (C=O) groups excluding carboxylic acids is 2. The zero-order chi connectivity index (χ0) is 43.8. The van der Waals surface area contributed by atoms with E-state index in [1.165, 1.54) is 92.6 Å². The molecule has 0 bridgehead atoms. The summed E-state index contributed by atoms with van der Waals surface area (Å²) in [5.41, 5.74) is 9.41. The summed E-state index contributed by atoms with van der Waals surface area (Å²) in [5, 5.41) is 8.48. The van der Waals surface area contributed by atoms with Crippen LogP contribution >= 0.6 is 47.2 Å². The number of halogens is 9. The molecule has 2 amide bonds. The maximum atomic E-state index is 14.6. The Bertz CT molecular complexity index is 2570.